The molecule has 1 heteroatoms. The summed E-state index contributed by atoms with van der Waals surface area (Å²) in [5.41, 5.74) is 2.82. The van der Waals surface area contributed by atoms with E-state index in [9.17, 15) is 5.11 Å². The van der Waals surface area contributed by atoms with Crippen LogP contribution in [-0.4, -0.2) is 11.7 Å². The van der Waals surface area contributed by atoms with Gasteiger partial charge in [0.05, 0.1) is 0 Å². The predicted octanol–water partition coefficient (Wildman–Crippen LogP) is 4.12. The minimum atomic E-state index is 0.0854. The Hall–Kier alpha value is -0.820. The maximum Gasteiger partial charge on any atom is 0.0490 e. The lowest BCUT2D eigenvalue weighted by Crippen LogP contribution is -2.27. The van der Waals surface area contributed by atoms with Gasteiger partial charge in [-0.05, 0) is 42.7 Å². The van der Waals surface area contributed by atoms with Crippen LogP contribution in [0.25, 0.3) is 0 Å². The van der Waals surface area contributed by atoms with Gasteiger partial charge in [0.2, 0.25) is 0 Å². The molecular weight excluding hydrogens is 208 g/mol. The average Bonchev–Trinajstić information content (AvgIpc) is 2.37. The molecular formula is C16H26O. The van der Waals surface area contributed by atoms with Crippen molar-refractivity contribution < 1.29 is 5.11 Å². The molecule has 0 aliphatic heterocycles. The van der Waals surface area contributed by atoms with Crippen molar-refractivity contribution in [3.8, 4) is 0 Å². The second kappa shape index (κ2) is 6.80. The van der Waals surface area contributed by atoms with Gasteiger partial charge < -0.3 is 5.11 Å². The zero-order chi connectivity index (χ0) is 12.7. The first kappa shape index (κ1) is 14.2. The van der Waals surface area contributed by atoms with Crippen molar-refractivity contribution in [2.24, 2.45) is 5.41 Å². The molecule has 1 unspecified atom stereocenters. The Morgan fingerprint density at radius 3 is 2.41 bits per heavy atom. The molecule has 1 aromatic carbocycles. The van der Waals surface area contributed by atoms with E-state index < -0.39 is 0 Å². The van der Waals surface area contributed by atoms with Crippen LogP contribution in [0.3, 0.4) is 0 Å². The topological polar surface area (TPSA) is 20.2 Å². The highest BCUT2D eigenvalue weighted by Gasteiger charge is 2.27. The molecule has 0 aliphatic rings. The van der Waals surface area contributed by atoms with Gasteiger partial charge in [0.1, 0.15) is 0 Å². The van der Waals surface area contributed by atoms with Gasteiger partial charge in [-0.15, -0.1) is 0 Å². The van der Waals surface area contributed by atoms with Crippen LogP contribution in [0, 0.1) is 12.3 Å². The van der Waals surface area contributed by atoms with E-state index >= 15 is 0 Å². The molecule has 0 spiro atoms. The van der Waals surface area contributed by atoms with Crippen LogP contribution in [-0.2, 0) is 6.42 Å². The zero-order valence-electron chi connectivity index (χ0n) is 11.5. The van der Waals surface area contributed by atoms with E-state index in [1.165, 1.54) is 24.0 Å². The van der Waals surface area contributed by atoms with E-state index in [0.717, 1.165) is 19.3 Å². The number of rotatable bonds is 7. The summed E-state index contributed by atoms with van der Waals surface area (Å²) >= 11 is 0. The molecule has 0 saturated heterocycles. The van der Waals surface area contributed by atoms with Crippen LogP contribution >= 0.6 is 0 Å². The van der Waals surface area contributed by atoms with E-state index in [1.807, 2.05) is 0 Å². The van der Waals surface area contributed by atoms with E-state index in [0.29, 0.717) is 6.61 Å². The molecule has 1 N–H and O–H groups in total. The van der Waals surface area contributed by atoms with Crippen LogP contribution in [0.1, 0.15) is 50.7 Å². The summed E-state index contributed by atoms with van der Waals surface area (Å²) in [6.07, 6.45) is 5.60. The van der Waals surface area contributed by atoms with E-state index in [4.69, 9.17) is 0 Å². The summed E-state index contributed by atoms with van der Waals surface area (Å²) < 4.78 is 0. The van der Waals surface area contributed by atoms with Gasteiger partial charge in [0, 0.05) is 6.61 Å². The minimum absolute atomic E-state index is 0.0854. The van der Waals surface area contributed by atoms with Crippen LogP contribution in [0.15, 0.2) is 24.3 Å². The Labute approximate surface area is 106 Å². The minimum Gasteiger partial charge on any atom is -0.396 e. The highest BCUT2D eigenvalue weighted by molar-refractivity contribution is 5.26. The van der Waals surface area contributed by atoms with Crippen molar-refractivity contribution in [2.45, 2.75) is 52.9 Å². The van der Waals surface area contributed by atoms with Gasteiger partial charge in [-0.3, -0.25) is 0 Å². The van der Waals surface area contributed by atoms with Crippen LogP contribution in [0.2, 0.25) is 0 Å². The number of aliphatic hydroxyl groups excluding tert-OH is 1. The fourth-order valence-corrected chi connectivity index (χ4v) is 2.40. The molecule has 96 valence electrons. The average molecular weight is 234 g/mol. The Morgan fingerprint density at radius 1 is 1.18 bits per heavy atom. The first-order chi connectivity index (χ1) is 8.17. The third-order valence-electron chi connectivity index (χ3n) is 3.97. The molecule has 1 nitrogen and oxygen atoms in total. The first-order valence-corrected chi connectivity index (χ1v) is 6.83. The Bertz CT molecular complexity index is 326. The van der Waals surface area contributed by atoms with Crippen molar-refractivity contribution in [3.05, 3.63) is 35.4 Å². The van der Waals surface area contributed by atoms with Crippen LogP contribution in [0.5, 0.6) is 0 Å². The predicted molar refractivity (Wildman–Crippen MR) is 74.2 cm³/mol. The molecule has 1 atom stereocenters. The lowest BCUT2D eigenvalue weighted by atomic mass is 9.75. The molecule has 0 amide bonds. The third-order valence-corrected chi connectivity index (χ3v) is 3.97. The molecule has 0 aliphatic carbocycles. The van der Waals surface area contributed by atoms with E-state index in [-0.39, 0.29) is 5.41 Å². The number of hydrogen-bond donors (Lipinski definition) is 1. The lowest BCUT2D eigenvalue weighted by molar-refractivity contribution is 0.107. The number of benzene rings is 1. The summed E-state index contributed by atoms with van der Waals surface area (Å²) in [5, 5.41) is 9.76. The molecule has 1 aromatic rings. The standard InChI is InChI=1S/C16H26O/c1-4-6-11-16(5-2,13-17)12-15-10-8-7-9-14(15)3/h7-10,17H,4-6,11-13H2,1-3H3. The van der Waals surface area contributed by atoms with Gasteiger partial charge >= 0.3 is 0 Å². The fourth-order valence-electron chi connectivity index (χ4n) is 2.40. The molecule has 17 heavy (non-hydrogen) atoms. The number of aryl methyl sites for hydroxylation is 1. The number of unbranched alkanes of at least 4 members (excludes halogenated alkanes) is 1. The maximum atomic E-state index is 9.76. The molecule has 0 saturated carbocycles. The summed E-state index contributed by atoms with van der Waals surface area (Å²) in [6.45, 7) is 6.88. The number of aliphatic hydroxyl groups is 1. The molecule has 0 heterocycles. The SMILES string of the molecule is CCCCC(CC)(CO)Cc1ccccc1C. The Kier molecular flexibility index (Phi) is 5.70. The molecule has 0 bridgehead atoms. The highest BCUT2D eigenvalue weighted by Crippen LogP contribution is 2.33. The van der Waals surface area contributed by atoms with Crippen LogP contribution in [0.4, 0.5) is 0 Å². The summed E-state index contributed by atoms with van der Waals surface area (Å²) in [7, 11) is 0. The first-order valence-electron chi connectivity index (χ1n) is 6.83. The van der Waals surface area contributed by atoms with Gasteiger partial charge in [0.15, 0.2) is 0 Å². The monoisotopic (exact) mass is 234 g/mol. The van der Waals surface area contributed by atoms with Gasteiger partial charge in [-0.2, -0.15) is 0 Å². The van der Waals surface area contributed by atoms with Gasteiger partial charge in [-0.1, -0.05) is 51.0 Å². The Balaban J connectivity index is 2.82. The maximum absolute atomic E-state index is 9.76. The van der Waals surface area contributed by atoms with E-state index in [2.05, 4.69) is 45.0 Å². The zero-order valence-corrected chi connectivity index (χ0v) is 11.5. The lowest BCUT2D eigenvalue weighted by Gasteiger charge is -2.31. The summed E-state index contributed by atoms with van der Waals surface area (Å²) in [5.74, 6) is 0. The fraction of sp³-hybridized carbons (Fsp3) is 0.625. The normalized spacial score (nSPS) is 14.6. The molecule has 0 fully saturated rings. The van der Waals surface area contributed by atoms with Gasteiger partial charge in [0.25, 0.3) is 0 Å². The second-order valence-corrected chi connectivity index (χ2v) is 5.22. The summed E-state index contributed by atoms with van der Waals surface area (Å²) in [4.78, 5) is 0. The summed E-state index contributed by atoms with van der Waals surface area (Å²) in [6, 6.07) is 8.53. The second-order valence-electron chi connectivity index (χ2n) is 5.22. The van der Waals surface area contributed by atoms with Gasteiger partial charge in [-0.25, -0.2) is 0 Å². The van der Waals surface area contributed by atoms with Crippen molar-refractivity contribution in [2.75, 3.05) is 6.61 Å². The van der Waals surface area contributed by atoms with Crippen molar-refractivity contribution in [1.29, 1.82) is 0 Å². The van der Waals surface area contributed by atoms with Crippen molar-refractivity contribution in [3.63, 3.8) is 0 Å². The van der Waals surface area contributed by atoms with Crippen molar-refractivity contribution >= 4 is 0 Å². The molecule has 1 rings (SSSR count). The van der Waals surface area contributed by atoms with E-state index in [1.54, 1.807) is 0 Å². The Morgan fingerprint density at radius 2 is 1.88 bits per heavy atom. The largest absolute Gasteiger partial charge is 0.396 e. The quantitative estimate of drug-likeness (QED) is 0.752. The highest BCUT2D eigenvalue weighted by atomic mass is 16.3. The molecule has 0 radical (unpaired) electrons. The smallest absolute Gasteiger partial charge is 0.0490 e. The molecule has 0 aromatic heterocycles. The number of hydrogen-bond acceptors (Lipinski definition) is 1. The van der Waals surface area contributed by atoms with Crippen molar-refractivity contribution in [1.82, 2.24) is 0 Å². The third kappa shape index (κ3) is 3.85. The van der Waals surface area contributed by atoms with Crippen LogP contribution < -0.4 is 0 Å².